The second-order valence-corrected chi connectivity index (χ2v) is 7.66. The fourth-order valence-corrected chi connectivity index (χ4v) is 3.56. The van der Waals surface area contributed by atoms with Gasteiger partial charge in [0.2, 0.25) is 0 Å². The first kappa shape index (κ1) is 19.3. The molecule has 1 unspecified atom stereocenters. The normalized spacial score (nSPS) is 17.3. The van der Waals surface area contributed by atoms with Crippen LogP contribution in [-0.2, 0) is 19.6 Å². The summed E-state index contributed by atoms with van der Waals surface area (Å²) in [5.41, 5.74) is 2.78. The summed E-state index contributed by atoms with van der Waals surface area (Å²) >= 11 is 0. The highest BCUT2D eigenvalue weighted by Crippen LogP contribution is 2.17. The van der Waals surface area contributed by atoms with Crippen molar-refractivity contribution in [1.82, 2.24) is 5.48 Å². The van der Waals surface area contributed by atoms with Gasteiger partial charge in [0.1, 0.15) is 5.82 Å². The van der Waals surface area contributed by atoms with Crippen LogP contribution in [0.2, 0.25) is 0 Å². The van der Waals surface area contributed by atoms with Gasteiger partial charge in [-0.15, -0.1) is 0 Å². The van der Waals surface area contributed by atoms with Crippen molar-refractivity contribution in [2.45, 2.75) is 30.4 Å². The van der Waals surface area contributed by atoms with E-state index in [0.29, 0.717) is 13.0 Å². The van der Waals surface area contributed by atoms with E-state index in [9.17, 15) is 17.6 Å². The minimum atomic E-state index is -3.85. The SMILES string of the molecule is O=C(NOC1CCCCO1)c1ccc(S(=O)(=O)Nc2ccc(F)cc2)cc1. The van der Waals surface area contributed by atoms with Crippen LogP contribution in [0.25, 0.3) is 0 Å². The van der Waals surface area contributed by atoms with Gasteiger partial charge in [-0.3, -0.25) is 9.52 Å². The molecule has 1 aliphatic rings. The fraction of sp³-hybridized carbons (Fsp3) is 0.278. The second-order valence-electron chi connectivity index (χ2n) is 5.98. The zero-order valence-electron chi connectivity index (χ0n) is 14.4. The van der Waals surface area contributed by atoms with E-state index >= 15 is 0 Å². The van der Waals surface area contributed by atoms with Crippen molar-refractivity contribution in [3.8, 4) is 0 Å². The molecule has 1 amide bonds. The third-order valence-electron chi connectivity index (χ3n) is 3.94. The summed E-state index contributed by atoms with van der Waals surface area (Å²) in [6.07, 6.45) is 2.17. The lowest BCUT2D eigenvalue weighted by atomic mass is 10.2. The Balaban J connectivity index is 1.61. The molecular weight excluding hydrogens is 375 g/mol. The number of amides is 1. The van der Waals surface area contributed by atoms with Gasteiger partial charge >= 0.3 is 0 Å². The maximum absolute atomic E-state index is 12.9. The first-order valence-electron chi connectivity index (χ1n) is 8.40. The zero-order chi connectivity index (χ0) is 19.3. The molecule has 1 fully saturated rings. The van der Waals surface area contributed by atoms with Crippen molar-refractivity contribution in [2.24, 2.45) is 0 Å². The molecule has 2 aromatic rings. The standard InChI is InChI=1S/C18H19FN2O5S/c19-14-6-8-15(9-7-14)21-27(23,24)16-10-4-13(5-11-16)18(22)20-26-17-3-1-2-12-25-17/h4-11,17,21H,1-3,12H2,(H,20,22). The molecular formula is C18H19FN2O5S. The Morgan fingerprint density at radius 1 is 1.07 bits per heavy atom. The number of anilines is 1. The quantitative estimate of drug-likeness (QED) is 0.735. The van der Waals surface area contributed by atoms with Crippen molar-refractivity contribution in [3.05, 3.63) is 59.9 Å². The lowest BCUT2D eigenvalue weighted by molar-refractivity contribution is -0.186. The topological polar surface area (TPSA) is 93.7 Å². The van der Waals surface area contributed by atoms with Gasteiger partial charge in [0.15, 0.2) is 6.29 Å². The van der Waals surface area contributed by atoms with Crippen LogP contribution < -0.4 is 10.2 Å². The number of rotatable bonds is 6. The van der Waals surface area contributed by atoms with Gasteiger partial charge in [0.05, 0.1) is 4.90 Å². The zero-order valence-corrected chi connectivity index (χ0v) is 15.2. The average Bonchev–Trinajstić information content (AvgIpc) is 2.69. The van der Waals surface area contributed by atoms with Crippen molar-refractivity contribution < 1.29 is 27.2 Å². The minimum absolute atomic E-state index is 0.0279. The van der Waals surface area contributed by atoms with Crippen LogP contribution in [0.15, 0.2) is 53.4 Å². The van der Waals surface area contributed by atoms with Crippen LogP contribution in [0.4, 0.5) is 10.1 Å². The van der Waals surface area contributed by atoms with Gasteiger partial charge in [-0.2, -0.15) is 0 Å². The second kappa shape index (κ2) is 8.47. The summed E-state index contributed by atoms with van der Waals surface area (Å²) in [5.74, 6) is -0.964. The largest absolute Gasteiger partial charge is 0.350 e. The van der Waals surface area contributed by atoms with Crippen LogP contribution in [0.3, 0.4) is 0 Å². The molecule has 0 spiro atoms. The highest BCUT2D eigenvalue weighted by Gasteiger charge is 2.18. The highest BCUT2D eigenvalue weighted by molar-refractivity contribution is 7.92. The maximum atomic E-state index is 12.9. The minimum Gasteiger partial charge on any atom is -0.350 e. The van der Waals surface area contributed by atoms with E-state index in [1.165, 1.54) is 36.4 Å². The fourth-order valence-electron chi connectivity index (χ4n) is 2.50. The Morgan fingerprint density at radius 2 is 1.78 bits per heavy atom. The van der Waals surface area contributed by atoms with E-state index in [1.807, 2.05) is 0 Å². The molecule has 1 aliphatic heterocycles. The number of benzene rings is 2. The molecule has 144 valence electrons. The van der Waals surface area contributed by atoms with E-state index < -0.39 is 28.0 Å². The number of hydroxylamine groups is 1. The summed E-state index contributed by atoms with van der Waals surface area (Å²) in [6.45, 7) is 0.591. The molecule has 2 N–H and O–H groups in total. The number of halogens is 1. The number of hydrogen-bond donors (Lipinski definition) is 2. The Morgan fingerprint density at radius 3 is 2.41 bits per heavy atom. The van der Waals surface area contributed by atoms with Crippen LogP contribution in [0, 0.1) is 5.82 Å². The number of nitrogens with one attached hydrogen (secondary N) is 2. The van der Waals surface area contributed by atoms with Crippen molar-refractivity contribution in [3.63, 3.8) is 0 Å². The van der Waals surface area contributed by atoms with Gasteiger partial charge in [0.25, 0.3) is 15.9 Å². The number of sulfonamides is 1. The average molecular weight is 394 g/mol. The molecule has 1 saturated heterocycles. The first-order valence-corrected chi connectivity index (χ1v) is 9.88. The number of carbonyl (C=O) groups excluding carboxylic acids is 1. The molecule has 27 heavy (non-hydrogen) atoms. The monoisotopic (exact) mass is 394 g/mol. The van der Waals surface area contributed by atoms with Crippen LogP contribution in [0.5, 0.6) is 0 Å². The third-order valence-corrected chi connectivity index (χ3v) is 5.34. The van der Waals surface area contributed by atoms with Crippen molar-refractivity contribution >= 4 is 21.6 Å². The summed E-state index contributed by atoms with van der Waals surface area (Å²) < 4.78 is 45.3. The molecule has 0 radical (unpaired) electrons. The lowest BCUT2D eigenvalue weighted by Crippen LogP contribution is -2.33. The van der Waals surface area contributed by atoms with E-state index in [4.69, 9.17) is 9.57 Å². The van der Waals surface area contributed by atoms with Gasteiger partial charge in [-0.05, 0) is 61.4 Å². The smallest absolute Gasteiger partial charge is 0.274 e. The molecule has 0 aromatic heterocycles. The Kier molecular flexibility index (Phi) is 6.04. The van der Waals surface area contributed by atoms with Gasteiger partial charge < -0.3 is 4.74 Å². The molecule has 0 bridgehead atoms. The molecule has 1 atom stereocenters. The number of carbonyl (C=O) groups is 1. The molecule has 9 heteroatoms. The predicted octanol–water partition coefficient (Wildman–Crippen LogP) is 2.81. The summed E-state index contributed by atoms with van der Waals surface area (Å²) in [6, 6.07) is 10.3. The Bertz CT molecular complexity index is 879. The van der Waals surface area contributed by atoms with E-state index in [0.717, 1.165) is 25.0 Å². The Hall–Kier alpha value is -2.49. The molecule has 7 nitrogen and oxygen atoms in total. The molecule has 2 aromatic carbocycles. The number of ether oxygens (including phenoxy) is 1. The van der Waals surface area contributed by atoms with Gasteiger partial charge in [0, 0.05) is 24.3 Å². The first-order chi connectivity index (χ1) is 12.9. The predicted molar refractivity (Wildman–Crippen MR) is 95.8 cm³/mol. The third kappa shape index (κ3) is 5.25. The molecule has 3 rings (SSSR count). The summed E-state index contributed by atoms with van der Waals surface area (Å²) in [5, 5.41) is 0. The molecule has 0 aliphatic carbocycles. The van der Waals surface area contributed by atoms with Crippen molar-refractivity contribution in [1.29, 1.82) is 0 Å². The van der Waals surface area contributed by atoms with Crippen LogP contribution >= 0.6 is 0 Å². The van der Waals surface area contributed by atoms with E-state index in [2.05, 4.69) is 10.2 Å². The highest BCUT2D eigenvalue weighted by atomic mass is 32.2. The lowest BCUT2D eigenvalue weighted by Gasteiger charge is -2.22. The summed E-state index contributed by atoms with van der Waals surface area (Å²) in [4.78, 5) is 17.3. The van der Waals surface area contributed by atoms with Crippen molar-refractivity contribution in [2.75, 3.05) is 11.3 Å². The van der Waals surface area contributed by atoms with Crippen LogP contribution in [0.1, 0.15) is 29.6 Å². The summed E-state index contributed by atoms with van der Waals surface area (Å²) in [7, 11) is -3.85. The van der Waals surface area contributed by atoms with E-state index in [1.54, 1.807) is 0 Å². The van der Waals surface area contributed by atoms with Gasteiger partial charge in [-0.1, -0.05) is 0 Å². The molecule has 0 saturated carbocycles. The van der Waals surface area contributed by atoms with Crippen LogP contribution in [-0.4, -0.2) is 27.2 Å². The van der Waals surface area contributed by atoms with E-state index in [-0.39, 0.29) is 16.1 Å². The Labute approximate surface area is 156 Å². The van der Waals surface area contributed by atoms with Gasteiger partial charge in [-0.25, -0.2) is 23.1 Å². The molecule has 1 heterocycles. The number of hydrogen-bond acceptors (Lipinski definition) is 5. The maximum Gasteiger partial charge on any atom is 0.274 e.